The Balaban J connectivity index is 2.73. The summed E-state index contributed by atoms with van der Waals surface area (Å²) in [7, 11) is 0.376. The molecule has 3 heteroatoms. The van der Waals surface area contributed by atoms with Crippen LogP contribution in [0, 0.1) is 11.8 Å². The molecule has 0 bridgehead atoms. The van der Waals surface area contributed by atoms with Crippen molar-refractivity contribution in [1.82, 2.24) is 0 Å². The molecular formula is C9H18NOP. The minimum absolute atomic E-state index is 0.166. The van der Waals surface area contributed by atoms with Crippen LogP contribution in [0.5, 0.6) is 0 Å². The molecule has 5 atom stereocenters. The van der Waals surface area contributed by atoms with Gasteiger partial charge in [-0.15, -0.1) is 0 Å². The summed E-state index contributed by atoms with van der Waals surface area (Å²) in [6, 6.07) is 0.199. The molecule has 0 saturated carbocycles. The molecule has 0 amide bonds. The number of hydrogen-bond donors (Lipinski definition) is 0. The highest BCUT2D eigenvalue weighted by Gasteiger charge is 2.36. The van der Waals surface area contributed by atoms with E-state index in [1.807, 2.05) is 0 Å². The Kier molecular flexibility index (Phi) is 2.77. The zero-order chi connectivity index (χ0) is 10.0. The lowest BCUT2D eigenvalue weighted by Crippen LogP contribution is -2.45. The number of ether oxygens (including phenoxy) is 1. The van der Waals surface area contributed by atoms with Crippen LogP contribution < -0.4 is 0 Å². The molecule has 0 aromatic rings. The van der Waals surface area contributed by atoms with E-state index >= 15 is 0 Å². The van der Waals surface area contributed by atoms with Gasteiger partial charge in [-0.05, 0) is 34.7 Å². The first kappa shape index (κ1) is 8.65. The van der Waals surface area contributed by atoms with Crippen molar-refractivity contribution in [1.29, 1.82) is 1.28 Å². The highest BCUT2D eigenvalue weighted by atomic mass is 31.0. The van der Waals surface area contributed by atoms with Gasteiger partial charge in [0.25, 0.3) is 0 Å². The molecule has 0 spiro atoms. The number of nitrogens with zero attached hydrogens (tertiary/aromatic N) is 1. The lowest BCUT2D eigenvalue weighted by molar-refractivity contribution is -0.0942. The third-order valence-corrected chi connectivity index (χ3v) is 3.42. The first-order valence-corrected chi connectivity index (χ1v) is 4.97. The molecule has 0 aliphatic carbocycles. The summed E-state index contributed by atoms with van der Waals surface area (Å²) in [6.07, 6.45) is 0.484. The van der Waals surface area contributed by atoms with Gasteiger partial charge in [0.2, 0.25) is 0 Å². The molecule has 2 nitrogen and oxygen atoms in total. The average Bonchev–Trinajstić information content (AvgIpc) is 2.09. The van der Waals surface area contributed by atoms with E-state index in [1.165, 1.54) is 0 Å². The van der Waals surface area contributed by atoms with Crippen LogP contribution in [-0.4, -0.2) is 19.5 Å². The molecular weight excluding hydrogens is 169 g/mol. The van der Waals surface area contributed by atoms with Crippen LogP contribution >= 0.6 is 8.98 Å². The van der Waals surface area contributed by atoms with Crippen molar-refractivity contribution in [2.75, 3.05) is 0 Å². The SMILES string of the molecule is [3H]P=NC1C(C)OC(C)C(C)C1C. The van der Waals surface area contributed by atoms with Crippen molar-refractivity contribution < 1.29 is 4.74 Å². The second-order valence-electron chi connectivity index (χ2n) is 3.87. The minimum Gasteiger partial charge on any atom is -0.373 e. The Morgan fingerprint density at radius 1 is 1.17 bits per heavy atom. The van der Waals surface area contributed by atoms with E-state index in [-0.39, 0.29) is 12.1 Å². The van der Waals surface area contributed by atoms with Crippen molar-refractivity contribution in [3.05, 3.63) is 0 Å². The van der Waals surface area contributed by atoms with Crippen LogP contribution in [0.4, 0.5) is 0 Å². The van der Waals surface area contributed by atoms with Gasteiger partial charge in [-0.3, -0.25) is 4.74 Å². The fraction of sp³-hybridized carbons (Fsp3) is 1.00. The summed E-state index contributed by atoms with van der Waals surface area (Å²) in [5, 5.41) is 0. The summed E-state index contributed by atoms with van der Waals surface area (Å²) < 4.78 is 17.1. The van der Waals surface area contributed by atoms with Crippen LogP contribution in [0.3, 0.4) is 0 Å². The van der Waals surface area contributed by atoms with Crippen LogP contribution in [0.15, 0.2) is 4.74 Å². The van der Waals surface area contributed by atoms with Crippen molar-refractivity contribution in [3.8, 4) is 0 Å². The Morgan fingerprint density at radius 2 is 1.83 bits per heavy atom. The zero-order valence-electron chi connectivity index (χ0n) is 9.19. The molecule has 0 radical (unpaired) electrons. The second kappa shape index (κ2) is 3.85. The van der Waals surface area contributed by atoms with Crippen molar-refractivity contribution in [2.45, 2.75) is 45.9 Å². The zero-order valence-corrected chi connectivity index (χ0v) is 9.08. The van der Waals surface area contributed by atoms with Crippen molar-refractivity contribution >= 4 is 8.98 Å². The van der Waals surface area contributed by atoms with Crippen LogP contribution in [0.2, 0.25) is 0 Å². The van der Waals surface area contributed by atoms with Gasteiger partial charge in [-0.1, -0.05) is 13.8 Å². The summed E-state index contributed by atoms with van der Waals surface area (Å²) in [5.41, 5.74) is 0. The van der Waals surface area contributed by atoms with Gasteiger partial charge in [0.1, 0.15) is 1.28 Å². The van der Waals surface area contributed by atoms with Gasteiger partial charge in [-0.25, -0.2) is 0 Å². The predicted octanol–water partition coefficient (Wildman–Crippen LogP) is 2.76. The first-order chi connectivity index (χ1) is 6.07. The van der Waals surface area contributed by atoms with Crippen LogP contribution in [-0.2, 0) is 4.74 Å². The van der Waals surface area contributed by atoms with Gasteiger partial charge in [0.05, 0.1) is 18.2 Å². The molecule has 70 valence electrons. The Labute approximate surface area is 78.3 Å². The molecule has 5 unspecified atom stereocenters. The molecule has 0 N–H and O–H groups in total. The molecule has 1 aliphatic rings. The van der Waals surface area contributed by atoms with E-state index < -0.39 is 0 Å². The van der Waals surface area contributed by atoms with E-state index in [4.69, 9.17) is 6.02 Å². The van der Waals surface area contributed by atoms with Crippen LogP contribution in [0.25, 0.3) is 0 Å². The van der Waals surface area contributed by atoms with Crippen LogP contribution in [0.1, 0.15) is 27.7 Å². The monoisotopic (exact) mass is 189 g/mol. The number of rotatable bonds is 1. The summed E-state index contributed by atoms with van der Waals surface area (Å²) in [4.78, 5) is 0. The summed E-state index contributed by atoms with van der Waals surface area (Å²) in [6.45, 7) is 8.58. The van der Waals surface area contributed by atoms with E-state index in [0.29, 0.717) is 26.9 Å². The predicted molar refractivity (Wildman–Crippen MR) is 52.9 cm³/mol. The number of hydrogen-bond acceptors (Lipinski definition) is 2. The molecule has 1 saturated heterocycles. The van der Waals surface area contributed by atoms with Gasteiger partial charge in [-0.2, -0.15) is 0 Å². The quantitative estimate of drug-likeness (QED) is 0.581. The van der Waals surface area contributed by atoms with Gasteiger partial charge >= 0.3 is 0 Å². The average molecular weight is 189 g/mol. The van der Waals surface area contributed by atoms with Gasteiger partial charge in [0, 0.05) is 0 Å². The normalized spacial score (nSPS) is 51.0. The Bertz CT molecular complexity index is 200. The lowest BCUT2D eigenvalue weighted by Gasteiger charge is -2.40. The first-order valence-electron chi connectivity index (χ1n) is 5.02. The van der Waals surface area contributed by atoms with E-state index in [9.17, 15) is 0 Å². The third kappa shape index (κ3) is 1.70. The highest BCUT2D eigenvalue weighted by Crippen LogP contribution is 2.32. The molecule has 1 rings (SSSR count). The summed E-state index contributed by atoms with van der Waals surface area (Å²) in [5.74, 6) is 1.06. The second-order valence-corrected chi connectivity index (χ2v) is 4.10. The van der Waals surface area contributed by atoms with Gasteiger partial charge in [0.15, 0.2) is 0 Å². The van der Waals surface area contributed by atoms with E-state index in [1.54, 1.807) is 0 Å². The topological polar surface area (TPSA) is 21.6 Å². The maximum Gasteiger partial charge on any atom is 0.114 e. The Morgan fingerprint density at radius 3 is 2.42 bits per heavy atom. The molecule has 1 aliphatic heterocycles. The maximum atomic E-state index is 7.09. The van der Waals surface area contributed by atoms with Crippen molar-refractivity contribution in [2.24, 2.45) is 16.6 Å². The fourth-order valence-corrected chi connectivity index (χ4v) is 2.31. The van der Waals surface area contributed by atoms with E-state index in [0.717, 1.165) is 0 Å². The smallest absolute Gasteiger partial charge is 0.114 e. The van der Waals surface area contributed by atoms with Gasteiger partial charge < -0.3 is 4.74 Å². The van der Waals surface area contributed by atoms with Crippen molar-refractivity contribution in [3.63, 3.8) is 0 Å². The Hall–Kier alpha value is 0.0600. The maximum absolute atomic E-state index is 7.09. The molecule has 1 fully saturated rings. The minimum atomic E-state index is 0.166. The lowest BCUT2D eigenvalue weighted by atomic mass is 9.81. The molecule has 1 heterocycles. The molecule has 0 aromatic carbocycles. The molecule has 12 heavy (non-hydrogen) atoms. The third-order valence-electron chi connectivity index (χ3n) is 3.15. The fourth-order valence-electron chi connectivity index (χ4n) is 1.91. The summed E-state index contributed by atoms with van der Waals surface area (Å²) >= 11 is 0. The largest absolute Gasteiger partial charge is 0.373 e. The standard InChI is InChI=1S/C9H18NOP/c1-5-6(2)9(10-12)8(4)11-7(5)3/h5-9,12H,1-4H3/i12T. The molecule has 0 aromatic heterocycles. The van der Waals surface area contributed by atoms with E-state index in [2.05, 4.69) is 32.4 Å². The highest BCUT2D eigenvalue weighted by molar-refractivity contribution is 7.04.